The summed E-state index contributed by atoms with van der Waals surface area (Å²) < 4.78 is 6.42. The van der Waals surface area contributed by atoms with E-state index in [1.165, 1.54) is 17.7 Å². The summed E-state index contributed by atoms with van der Waals surface area (Å²) in [6, 6.07) is 6.69. The van der Waals surface area contributed by atoms with Gasteiger partial charge in [-0.25, -0.2) is 14.8 Å². The maximum absolute atomic E-state index is 11.1. The molecular weight excluding hydrogens is 292 g/mol. The van der Waals surface area contributed by atoms with Gasteiger partial charge in [-0.05, 0) is 18.2 Å². The smallest absolute Gasteiger partial charge is 0.337 e. The summed E-state index contributed by atoms with van der Waals surface area (Å²) >= 11 is 1.34. The van der Waals surface area contributed by atoms with E-state index in [1.807, 2.05) is 0 Å². The summed E-state index contributed by atoms with van der Waals surface area (Å²) in [5, 5.41) is 20.4. The van der Waals surface area contributed by atoms with Gasteiger partial charge >= 0.3 is 5.97 Å². The first-order valence-corrected chi connectivity index (χ1v) is 6.89. The number of aromatic nitrogens is 2. The highest BCUT2D eigenvalue weighted by Gasteiger charge is 2.11. The van der Waals surface area contributed by atoms with Crippen molar-refractivity contribution in [3.63, 3.8) is 0 Å². The normalized spacial score (nSPS) is 10.7. The number of carboxylic acids is 1. The van der Waals surface area contributed by atoms with Crippen molar-refractivity contribution < 1.29 is 19.7 Å². The quantitative estimate of drug-likeness (QED) is 0.769. The highest BCUT2D eigenvalue weighted by Crippen LogP contribution is 2.31. The molecule has 0 amide bonds. The molecule has 21 heavy (non-hydrogen) atoms. The monoisotopic (exact) mass is 302 g/mol. The van der Waals surface area contributed by atoms with E-state index in [1.54, 1.807) is 29.6 Å². The predicted octanol–water partition coefficient (Wildman–Crippen LogP) is 2.67. The number of aliphatic hydroxyl groups excluding tert-OH is 1. The third-order valence-corrected chi connectivity index (χ3v) is 3.81. The zero-order valence-corrected chi connectivity index (χ0v) is 11.5. The third-order valence-electron chi connectivity index (χ3n) is 2.86. The van der Waals surface area contributed by atoms with Gasteiger partial charge in [0, 0.05) is 21.5 Å². The molecule has 3 rings (SSSR count). The number of aliphatic hydroxyl groups is 1. The van der Waals surface area contributed by atoms with E-state index in [0.717, 1.165) is 4.70 Å². The first kappa shape index (κ1) is 13.5. The Morgan fingerprint density at radius 2 is 2.14 bits per heavy atom. The minimum absolute atomic E-state index is 0.190. The van der Waals surface area contributed by atoms with Gasteiger partial charge in [-0.1, -0.05) is 0 Å². The zero-order valence-electron chi connectivity index (χ0n) is 10.7. The van der Waals surface area contributed by atoms with Gasteiger partial charge in [-0.2, -0.15) is 0 Å². The Morgan fingerprint density at radius 1 is 1.29 bits per heavy atom. The molecule has 0 radical (unpaired) electrons. The van der Waals surface area contributed by atoms with Gasteiger partial charge in [0.2, 0.25) is 5.88 Å². The van der Waals surface area contributed by atoms with Crippen molar-refractivity contribution in [3.8, 4) is 11.6 Å². The summed E-state index contributed by atoms with van der Waals surface area (Å²) in [7, 11) is 0. The van der Waals surface area contributed by atoms with Crippen LogP contribution in [0.15, 0.2) is 36.0 Å². The van der Waals surface area contributed by atoms with Crippen LogP contribution in [0.5, 0.6) is 11.6 Å². The summed E-state index contributed by atoms with van der Waals surface area (Å²) in [6.45, 7) is -0.190. The number of ether oxygens (including phenoxy) is 1. The molecule has 0 spiro atoms. The van der Waals surface area contributed by atoms with Crippen molar-refractivity contribution in [3.05, 3.63) is 47.2 Å². The Balaban J connectivity index is 1.92. The number of thiophene rings is 1. The number of carbonyl (C=O) groups is 1. The summed E-state index contributed by atoms with van der Waals surface area (Å²) in [6.07, 6.45) is 1.31. The van der Waals surface area contributed by atoms with Crippen LogP contribution in [0.4, 0.5) is 0 Å². The average molecular weight is 302 g/mol. The van der Waals surface area contributed by atoms with E-state index >= 15 is 0 Å². The fourth-order valence-corrected chi connectivity index (χ4v) is 2.84. The summed E-state index contributed by atoms with van der Waals surface area (Å²) in [5.74, 6) is -0.0781. The molecule has 0 unspecified atom stereocenters. The molecule has 1 aromatic carbocycles. The topological polar surface area (TPSA) is 92.5 Å². The Bertz CT molecular complexity index is 816. The van der Waals surface area contributed by atoms with Gasteiger partial charge in [-0.3, -0.25) is 0 Å². The van der Waals surface area contributed by atoms with E-state index < -0.39 is 5.97 Å². The van der Waals surface area contributed by atoms with Crippen LogP contribution in [-0.4, -0.2) is 26.2 Å². The van der Waals surface area contributed by atoms with Crippen LogP contribution in [0.3, 0.4) is 0 Å². The standard InChI is InChI=1S/C14H10N2O4S/c17-5-8-3-13(16-7-15-8)20-9-1-2-10-11(14(18)19)6-21-12(10)4-9/h1-4,6-7,17H,5H2,(H,18,19). The van der Waals surface area contributed by atoms with Crippen LogP contribution in [0.2, 0.25) is 0 Å². The van der Waals surface area contributed by atoms with Gasteiger partial charge in [0.25, 0.3) is 0 Å². The van der Waals surface area contributed by atoms with E-state index in [9.17, 15) is 4.79 Å². The largest absolute Gasteiger partial charge is 0.478 e. The van der Waals surface area contributed by atoms with Crippen LogP contribution in [0.25, 0.3) is 10.1 Å². The first-order chi connectivity index (χ1) is 10.2. The minimum atomic E-state index is -0.946. The van der Waals surface area contributed by atoms with Gasteiger partial charge in [0.05, 0.1) is 17.9 Å². The molecule has 0 saturated heterocycles. The fraction of sp³-hybridized carbons (Fsp3) is 0.0714. The lowest BCUT2D eigenvalue weighted by Gasteiger charge is -2.05. The van der Waals surface area contributed by atoms with Gasteiger partial charge < -0.3 is 14.9 Å². The number of rotatable bonds is 4. The highest BCUT2D eigenvalue weighted by atomic mass is 32.1. The third kappa shape index (κ3) is 2.69. The van der Waals surface area contributed by atoms with Crippen molar-refractivity contribution in [1.82, 2.24) is 9.97 Å². The number of benzene rings is 1. The molecule has 0 saturated carbocycles. The Hall–Kier alpha value is -2.51. The number of hydrogen-bond donors (Lipinski definition) is 2. The minimum Gasteiger partial charge on any atom is -0.478 e. The maximum Gasteiger partial charge on any atom is 0.337 e. The molecule has 0 aliphatic heterocycles. The zero-order chi connectivity index (χ0) is 14.8. The molecule has 3 aromatic rings. The van der Waals surface area contributed by atoms with E-state index in [-0.39, 0.29) is 12.2 Å². The number of nitrogens with zero attached hydrogens (tertiary/aromatic N) is 2. The number of fused-ring (bicyclic) bond motifs is 1. The van der Waals surface area contributed by atoms with Crippen molar-refractivity contribution >= 4 is 27.4 Å². The maximum atomic E-state index is 11.1. The second-order valence-corrected chi connectivity index (χ2v) is 5.13. The van der Waals surface area contributed by atoms with Crippen LogP contribution >= 0.6 is 11.3 Å². The second kappa shape index (κ2) is 5.47. The fourth-order valence-electron chi connectivity index (χ4n) is 1.88. The SMILES string of the molecule is O=C(O)c1csc2cc(Oc3cc(CO)ncn3)ccc12. The van der Waals surface area contributed by atoms with E-state index in [0.29, 0.717) is 22.7 Å². The Kier molecular flexibility index (Phi) is 3.51. The molecule has 0 aliphatic carbocycles. The van der Waals surface area contributed by atoms with Crippen molar-refractivity contribution in [2.24, 2.45) is 0 Å². The van der Waals surface area contributed by atoms with Crippen molar-refractivity contribution in [2.45, 2.75) is 6.61 Å². The Morgan fingerprint density at radius 3 is 2.90 bits per heavy atom. The van der Waals surface area contributed by atoms with Gasteiger partial charge in [-0.15, -0.1) is 11.3 Å². The molecule has 2 aromatic heterocycles. The van der Waals surface area contributed by atoms with Crippen LogP contribution < -0.4 is 4.74 Å². The summed E-state index contributed by atoms with van der Waals surface area (Å²) in [4.78, 5) is 18.9. The molecule has 0 bridgehead atoms. The molecule has 0 atom stereocenters. The molecule has 7 heteroatoms. The number of carboxylic acid groups (broad SMARTS) is 1. The van der Waals surface area contributed by atoms with Crippen LogP contribution in [-0.2, 0) is 6.61 Å². The average Bonchev–Trinajstić information content (AvgIpc) is 2.90. The van der Waals surface area contributed by atoms with Crippen LogP contribution in [0, 0.1) is 0 Å². The molecule has 2 N–H and O–H groups in total. The van der Waals surface area contributed by atoms with E-state index in [2.05, 4.69) is 9.97 Å². The van der Waals surface area contributed by atoms with Crippen LogP contribution in [0.1, 0.15) is 16.1 Å². The number of aromatic carboxylic acids is 1. The first-order valence-electron chi connectivity index (χ1n) is 6.01. The lowest BCUT2D eigenvalue weighted by Crippen LogP contribution is -1.94. The molecule has 2 heterocycles. The highest BCUT2D eigenvalue weighted by molar-refractivity contribution is 7.17. The predicted molar refractivity (Wildman–Crippen MR) is 76.8 cm³/mol. The molecule has 106 valence electrons. The lowest BCUT2D eigenvalue weighted by atomic mass is 10.2. The van der Waals surface area contributed by atoms with Crippen molar-refractivity contribution in [2.75, 3.05) is 0 Å². The lowest BCUT2D eigenvalue weighted by molar-refractivity contribution is 0.0699. The van der Waals surface area contributed by atoms with Crippen molar-refractivity contribution in [1.29, 1.82) is 0 Å². The molecular formula is C14H10N2O4S. The van der Waals surface area contributed by atoms with Gasteiger partial charge in [0.15, 0.2) is 0 Å². The summed E-state index contributed by atoms with van der Waals surface area (Å²) in [5.41, 5.74) is 0.747. The second-order valence-electron chi connectivity index (χ2n) is 4.22. The molecule has 0 fully saturated rings. The van der Waals surface area contributed by atoms with Gasteiger partial charge in [0.1, 0.15) is 12.1 Å². The van der Waals surface area contributed by atoms with E-state index in [4.69, 9.17) is 14.9 Å². The molecule has 6 nitrogen and oxygen atoms in total. The Labute approximate surface area is 123 Å². The molecule has 0 aliphatic rings. The number of hydrogen-bond acceptors (Lipinski definition) is 6.